The molecule has 1 fully saturated rings. The molecule has 0 bridgehead atoms. The molecular formula is C17H14N2O. The Morgan fingerprint density at radius 2 is 1.70 bits per heavy atom. The normalized spacial score (nSPS) is 23.6. The van der Waals surface area contributed by atoms with Gasteiger partial charge in [0, 0.05) is 11.5 Å². The van der Waals surface area contributed by atoms with E-state index in [1.54, 1.807) is 12.1 Å². The Kier molecular flexibility index (Phi) is 3.00. The zero-order valence-electron chi connectivity index (χ0n) is 10.9. The van der Waals surface area contributed by atoms with Crippen molar-refractivity contribution in [3.8, 4) is 6.07 Å². The molecule has 0 spiro atoms. The van der Waals surface area contributed by atoms with Crippen LogP contribution in [0.1, 0.15) is 28.3 Å². The van der Waals surface area contributed by atoms with Crippen LogP contribution in [0.15, 0.2) is 60.7 Å². The number of hydrogen-bond acceptors (Lipinski definition) is 2. The molecule has 2 aromatic carbocycles. The van der Waals surface area contributed by atoms with E-state index in [0.717, 1.165) is 5.56 Å². The maximum absolute atomic E-state index is 12.2. The van der Waals surface area contributed by atoms with Crippen molar-refractivity contribution in [3.63, 3.8) is 0 Å². The highest BCUT2D eigenvalue weighted by molar-refractivity contribution is 5.95. The summed E-state index contributed by atoms with van der Waals surface area (Å²) < 4.78 is 0. The van der Waals surface area contributed by atoms with E-state index in [9.17, 15) is 10.1 Å². The van der Waals surface area contributed by atoms with Gasteiger partial charge in [0.15, 0.2) is 0 Å². The van der Waals surface area contributed by atoms with Crippen LogP contribution in [0.4, 0.5) is 0 Å². The van der Waals surface area contributed by atoms with Crippen LogP contribution < -0.4 is 5.32 Å². The van der Waals surface area contributed by atoms with Crippen LogP contribution in [0.5, 0.6) is 0 Å². The smallest absolute Gasteiger partial charge is 0.252 e. The van der Waals surface area contributed by atoms with Crippen LogP contribution in [-0.2, 0) is 0 Å². The number of rotatable bonds is 3. The van der Waals surface area contributed by atoms with Gasteiger partial charge in [0.05, 0.1) is 6.07 Å². The average molecular weight is 262 g/mol. The van der Waals surface area contributed by atoms with Gasteiger partial charge in [-0.25, -0.2) is 0 Å². The van der Waals surface area contributed by atoms with Crippen molar-refractivity contribution in [2.45, 2.75) is 17.9 Å². The van der Waals surface area contributed by atoms with Gasteiger partial charge < -0.3 is 5.32 Å². The number of nitriles is 1. The number of carbonyl (C=O) groups excluding carboxylic acids is 1. The molecule has 1 N–H and O–H groups in total. The second kappa shape index (κ2) is 4.82. The second-order valence-corrected chi connectivity index (χ2v) is 5.07. The van der Waals surface area contributed by atoms with E-state index in [2.05, 4.69) is 11.4 Å². The van der Waals surface area contributed by atoms with E-state index in [1.165, 1.54) is 0 Å². The first-order valence-electron chi connectivity index (χ1n) is 6.59. The fraction of sp³-hybridized carbons (Fsp3) is 0.176. The molecular weight excluding hydrogens is 248 g/mol. The third kappa shape index (κ3) is 2.17. The predicted molar refractivity (Wildman–Crippen MR) is 76.1 cm³/mol. The third-order valence-electron chi connectivity index (χ3n) is 3.73. The van der Waals surface area contributed by atoms with E-state index < -0.39 is 5.54 Å². The number of nitrogens with one attached hydrogen (secondary N) is 1. The predicted octanol–water partition coefficient (Wildman–Crippen LogP) is 2.87. The van der Waals surface area contributed by atoms with Crippen molar-refractivity contribution in [2.75, 3.05) is 0 Å². The van der Waals surface area contributed by atoms with Gasteiger partial charge >= 0.3 is 0 Å². The lowest BCUT2D eigenvalue weighted by Gasteiger charge is -2.12. The summed E-state index contributed by atoms with van der Waals surface area (Å²) >= 11 is 0. The quantitative estimate of drug-likeness (QED) is 0.924. The van der Waals surface area contributed by atoms with Crippen LogP contribution in [0.3, 0.4) is 0 Å². The van der Waals surface area contributed by atoms with Gasteiger partial charge in [0.25, 0.3) is 5.91 Å². The molecule has 1 amide bonds. The molecule has 2 aromatic rings. The van der Waals surface area contributed by atoms with Gasteiger partial charge in [0.1, 0.15) is 5.54 Å². The molecule has 1 aliphatic carbocycles. The molecule has 0 unspecified atom stereocenters. The van der Waals surface area contributed by atoms with Gasteiger partial charge in [-0.05, 0) is 24.1 Å². The van der Waals surface area contributed by atoms with Gasteiger partial charge in [-0.15, -0.1) is 0 Å². The highest BCUT2D eigenvalue weighted by atomic mass is 16.1. The largest absolute Gasteiger partial charge is 0.333 e. The number of carbonyl (C=O) groups is 1. The zero-order valence-corrected chi connectivity index (χ0v) is 10.9. The molecule has 2 atom stereocenters. The SMILES string of the molecule is N#C[C@]1(NC(=O)c2ccccc2)C[C@@H]1c1ccccc1. The molecule has 0 heterocycles. The Morgan fingerprint density at radius 1 is 1.10 bits per heavy atom. The Bertz CT molecular complexity index is 660. The van der Waals surface area contributed by atoms with E-state index in [0.29, 0.717) is 12.0 Å². The maximum Gasteiger partial charge on any atom is 0.252 e. The van der Waals surface area contributed by atoms with Crippen LogP contribution in [0.25, 0.3) is 0 Å². The highest BCUT2D eigenvalue weighted by Gasteiger charge is 2.57. The molecule has 3 nitrogen and oxygen atoms in total. The van der Waals surface area contributed by atoms with Gasteiger partial charge in [-0.2, -0.15) is 5.26 Å². The lowest BCUT2D eigenvalue weighted by atomic mass is 10.1. The minimum atomic E-state index is -0.756. The molecule has 1 saturated carbocycles. The monoisotopic (exact) mass is 262 g/mol. The van der Waals surface area contributed by atoms with Gasteiger partial charge in [-0.3, -0.25) is 4.79 Å². The molecule has 0 aromatic heterocycles. The van der Waals surface area contributed by atoms with Crippen molar-refractivity contribution in [1.82, 2.24) is 5.32 Å². The van der Waals surface area contributed by atoms with E-state index >= 15 is 0 Å². The molecule has 0 radical (unpaired) electrons. The lowest BCUT2D eigenvalue weighted by molar-refractivity contribution is 0.0940. The average Bonchev–Trinajstić information content (AvgIpc) is 3.24. The molecule has 3 rings (SSSR count). The molecule has 3 heteroatoms. The number of benzene rings is 2. The van der Waals surface area contributed by atoms with Crippen molar-refractivity contribution in [1.29, 1.82) is 5.26 Å². The number of amides is 1. The minimum Gasteiger partial charge on any atom is -0.333 e. The Labute approximate surface area is 117 Å². The summed E-state index contributed by atoms with van der Waals surface area (Å²) in [7, 11) is 0. The third-order valence-corrected chi connectivity index (χ3v) is 3.73. The van der Waals surface area contributed by atoms with Crippen LogP contribution in [-0.4, -0.2) is 11.4 Å². The van der Waals surface area contributed by atoms with Crippen molar-refractivity contribution >= 4 is 5.91 Å². The van der Waals surface area contributed by atoms with E-state index in [-0.39, 0.29) is 11.8 Å². The molecule has 0 saturated heterocycles. The summed E-state index contributed by atoms with van der Waals surface area (Å²) in [6.45, 7) is 0. The Morgan fingerprint density at radius 3 is 2.30 bits per heavy atom. The summed E-state index contributed by atoms with van der Waals surface area (Å²) in [4.78, 5) is 12.2. The summed E-state index contributed by atoms with van der Waals surface area (Å²) in [5.74, 6) is -0.105. The van der Waals surface area contributed by atoms with E-state index in [4.69, 9.17) is 0 Å². The summed E-state index contributed by atoms with van der Waals surface area (Å²) in [6.07, 6.45) is 0.673. The Balaban J connectivity index is 1.77. The molecule has 98 valence electrons. The number of nitrogens with zero attached hydrogens (tertiary/aromatic N) is 1. The molecule has 20 heavy (non-hydrogen) atoms. The van der Waals surface area contributed by atoms with E-state index in [1.807, 2.05) is 48.5 Å². The lowest BCUT2D eigenvalue weighted by Crippen LogP contribution is -2.37. The van der Waals surface area contributed by atoms with Gasteiger partial charge in [0.2, 0.25) is 0 Å². The number of hydrogen-bond donors (Lipinski definition) is 1. The van der Waals surface area contributed by atoms with Crippen LogP contribution >= 0.6 is 0 Å². The fourth-order valence-electron chi connectivity index (χ4n) is 2.50. The highest BCUT2D eigenvalue weighted by Crippen LogP contribution is 2.51. The Hall–Kier alpha value is -2.60. The maximum atomic E-state index is 12.2. The first-order valence-corrected chi connectivity index (χ1v) is 6.59. The van der Waals surface area contributed by atoms with Crippen molar-refractivity contribution in [3.05, 3.63) is 71.8 Å². The first-order chi connectivity index (χ1) is 9.75. The zero-order chi connectivity index (χ0) is 14.0. The second-order valence-electron chi connectivity index (χ2n) is 5.07. The standard InChI is InChI=1S/C17H14N2O/c18-12-17(11-15(17)13-7-3-1-4-8-13)19-16(20)14-9-5-2-6-10-14/h1-10,15H,11H2,(H,19,20)/t15-,17-/m1/s1. The summed E-state index contributed by atoms with van der Waals surface area (Å²) in [5.41, 5.74) is 0.928. The topological polar surface area (TPSA) is 52.9 Å². The first kappa shape index (κ1) is 12.4. The molecule has 1 aliphatic rings. The van der Waals surface area contributed by atoms with Crippen molar-refractivity contribution < 1.29 is 4.79 Å². The van der Waals surface area contributed by atoms with Gasteiger partial charge in [-0.1, -0.05) is 48.5 Å². The minimum absolute atomic E-state index is 0.0846. The van der Waals surface area contributed by atoms with Crippen LogP contribution in [0, 0.1) is 11.3 Å². The summed E-state index contributed by atoms with van der Waals surface area (Å²) in [6, 6.07) is 21.1. The molecule has 0 aliphatic heterocycles. The fourth-order valence-corrected chi connectivity index (χ4v) is 2.50. The van der Waals surface area contributed by atoms with Crippen LogP contribution in [0.2, 0.25) is 0 Å². The van der Waals surface area contributed by atoms with Crippen molar-refractivity contribution in [2.24, 2.45) is 0 Å². The summed E-state index contributed by atoms with van der Waals surface area (Å²) in [5, 5.41) is 12.3.